The Hall–Kier alpha value is -1.41. The number of para-hydroxylation sites is 1. The van der Waals surface area contributed by atoms with Gasteiger partial charge in [-0.1, -0.05) is 39.0 Å². The minimum absolute atomic E-state index is 0.331. The van der Waals surface area contributed by atoms with Crippen LogP contribution in [0.25, 0.3) is 10.9 Å². The Morgan fingerprint density at radius 2 is 1.90 bits per heavy atom. The number of aromatic nitrogens is 1. The molecule has 0 radical (unpaired) electrons. The maximum absolute atomic E-state index is 4.85. The summed E-state index contributed by atoms with van der Waals surface area (Å²) in [6.07, 6.45) is 2.30. The molecule has 2 rings (SSSR count). The van der Waals surface area contributed by atoms with Gasteiger partial charge in [0, 0.05) is 11.4 Å². The number of fused-ring (bicyclic) bond motifs is 1. The van der Waals surface area contributed by atoms with Crippen molar-refractivity contribution in [1.29, 1.82) is 0 Å². The monoisotopic (exact) mass is 270 g/mol. The van der Waals surface area contributed by atoms with Gasteiger partial charge in [0.05, 0.1) is 11.2 Å². The van der Waals surface area contributed by atoms with Crippen molar-refractivity contribution in [2.75, 3.05) is 7.05 Å². The van der Waals surface area contributed by atoms with Crippen molar-refractivity contribution in [3.8, 4) is 0 Å². The van der Waals surface area contributed by atoms with Gasteiger partial charge in [0.25, 0.3) is 0 Å². The Balaban J connectivity index is 2.30. The van der Waals surface area contributed by atoms with E-state index in [1.54, 1.807) is 0 Å². The summed E-state index contributed by atoms with van der Waals surface area (Å²) >= 11 is 0. The molecular weight excluding hydrogens is 244 g/mol. The van der Waals surface area contributed by atoms with Crippen LogP contribution in [0.2, 0.25) is 0 Å². The normalized spacial score (nSPS) is 13.7. The molecule has 0 spiro atoms. The summed E-state index contributed by atoms with van der Waals surface area (Å²) in [5.74, 6) is 0. The van der Waals surface area contributed by atoms with E-state index in [1.165, 1.54) is 17.4 Å². The second-order valence-corrected chi connectivity index (χ2v) is 6.82. The van der Waals surface area contributed by atoms with Gasteiger partial charge in [-0.2, -0.15) is 0 Å². The lowest BCUT2D eigenvalue weighted by Gasteiger charge is -2.23. The van der Waals surface area contributed by atoms with Crippen LogP contribution in [-0.2, 0) is 0 Å². The topological polar surface area (TPSA) is 24.9 Å². The molecule has 1 atom stereocenters. The maximum Gasteiger partial charge on any atom is 0.0708 e. The number of nitrogens with zero attached hydrogens (tertiary/aromatic N) is 1. The van der Waals surface area contributed by atoms with Crippen molar-refractivity contribution < 1.29 is 0 Å². The Morgan fingerprint density at radius 1 is 1.20 bits per heavy atom. The lowest BCUT2D eigenvalue weighted by Crippen LogP contribution is -2.20. The van der Waals surface area contributed by atoms with Gasteiger partial charge in [-0.3, -0.25) is 4.98 Å². The molecule has 1 N–H and O–H groups in total. The fraction of sp³-hybridized carbons (Fsp3) is 0.500. The van der Waals surface area contributed by atoms with E-state index >= 15 is 0 Å². The summed E-state index contributed by atoms with van der Waals surface area (Å²) in [6.45, 7) is 9.04. The van der Waals surface area contributed by atoms with Gasteiger partial charge in [0.15, 0.2) is 0 Å². The molecule has 2 aromatic rings. The highest BCUT2D eigenvalue weighted by molar-refractivity contribution is 5.82. The van der Waals surface area contributed by atoms with E-state index in [-0.39, 0.29) is 0 Å². The van der Waals surface area contributed by atoms with Crippen molar-refractivity contribution in [3.05, 3.63) is 41.6 Å². The molecule has 1 unspecified atom stereocenters. The Bertz CT molecular complexity index is 581. The quantitative estimate of drug-likeness (QED) is 0.876. The second-order valence-electron chi connectivity index (χ2n) is 6.82. The van der Waals surface area contributed by atoms with Gasteiger partial charge in [-0.05, 0) is 49.9 Å². The summed E-state index contributed by atoms with van der Waals surface area (Å²) in [6, 6.07) is 10.9. The van der Waals surface area contributed by atoms with Crippen LogP contribution in [-0.4, -0.2) is 12.0 Å². The predicted octanol–water partition coefficient (Wildman–Crippen LogP) is 4.63. The molecule has 1 aromatic carbocycles. The third-order valence-corrected chi connectivity index (χ3v) is 3.83. The molecule has 0 saturated carbocycles. The second kappa shape index (κ2) is 5.92. The standard InChI is InChI=1S/C18H26N2/c1-13-12-17(16(19-5)10-11-18(2,3)4)20-15-9-7-6-8-14(13)15/h6-9,12,16,19H,10-11H2,1-5H3. The molecule has 0 aliphatic carbocycles. The van der Waals surface area contributed by atoms with Gasteiger partial charge in [0.1, 0.15) is 0 Å². The minimum Gasteiger partial charge on any atom is -0.312 e. The molecule has 0 amide bonds. The first-order chi connectivity index (χ1) is 9.40. The summed E-state index contributed by atoms with van der Waals surface area (Å²) < 4.78 is 0. The Labute approximate surface area is 122 Å². The lowest BCUT2D eigenvalue weighted by atomic mass is 9.88. The van der Waals surface area contributed by atoms with Crippen LogP contribution < -0.4 is 5.32 Å². The highest BCUT2D eigenvalue weighted by Gasteiger charge is 2.17. The van der Waals surface area contributed by atoms with Gasteiger partial charge < -0.3 is 5.32 Å². The molecule has 1 aromatic heterocycles. The smallest absolute Gasteiger partial charge is 0.0708 e. The Morgan fingerprint density at radius 3 is 2.55 bits per heavy atom. The van der Waals surface area contributed by atoms with Crippen LogP contribution >= 0.6 is 0 Å². The van der Waals surface area contributed by atoms with Crippen molar-refractivity contribution in [1.82, 2.24) is 10.3 Å². The zero-order valence-electron chi connectivity index (χ0n) is 13.3. The van der Waals surface area contributed by atoms with Crippen molar-refractivity contribution >= 4 is 10.9 Å². The molecule has 0 fully saturated rings. The molecule has 1 heterocycles. The minimum atomic E-state index is 0.331. The van der Waals surface area contributed by atoms with Crippen molar-refractivity contribution in [2.45, 2.75) is 46.6 Å². The summed E-state index contributed by atoms with van der Waals surface area (Å²) in [7, 11) is 2.03. The number of nitrogens with one attached hydrogen (secondary N) is 1. The van der Waals surface area contributed by atoms with E-state index in [0.717, 1.165) is 17.6 Å². The fourth-order valence-corrected chi connectivity index (χ4v) is 2.57. The molecule has 0 saturated heterocycles. The molecule has 2 heteroatoms. The van der Waals surface area contributed by atoms with E-state index in [0.29, 0.717) is 11.5 Å². The van der Waals surface area contributed by atoms with Crippen LogP contribution in [0.4, 0.5) is 0 Å². The number of hydrogen-bond acceptors (Lipinski definition) is 2. The largest absolute Gasteiger partial charge is 0.312 e. The van der Waals surface area contributed by atoms with E-state index < -0.39 is 0 Å². The van der Waals surface area contributed by atoms with E-state index in [2.05, 4.69) is 63.3 Å². The van der Waals surface area contributed by atoms with E-state index in [4.69, 9.17) is 4.98 Å². The third-order valence-electron chi connectivity index (χ3n) is 3.83. The molecule has 108 valence electrons. The Kier molecular flexibility index (Phi) is 4.44. The first-order valence-electron chi connectivity index (χ1n) is 7.44. The zero-order valence-corrected chi connectivity index (χ0v) is 13.3. The third kappa shape index (κ3) is 3.57. The van der Waals surface area contributed by atoms with Crippen LogP contribution in [0.15, 0.2) is 30.3 Å². The summed E-state index contributed by atoms with van der Waals surface area (Å²) in [5.41, 5.74) is 3.93. The molecular formula is C18H26N2. The average Bonchev–Trinajstić information content (AvgIpc) is 2.38. The van der Waals surface area contributed by atoms with Crippen LogP contribution in [0.1, 0.15) is 50.9 Å². The summed E-state index contributed by atoms with van der Waals surface area (Å²) in [5, 5.41) is 4.67. The maximum atomic E-state index is 4.85. The van der Waals surface area contributed by atoms with Crippen molar-refractivity contribution in [3.63, 3.8) is 0 Å². The van der Waals surface area contributed by atoms with Gasteiger partial charge in [-0.15, -0.1) is 0 Å². The molecule has 0 aliphatic heterocycles. The zero-order chi connectivity index (χ0) is 14.8. The number of aryl methyl sites for hydroxylation is 1. The van der Waals surface area contributed by atoms with E-state index in [1.807, 2.05) is 7.05 Å². The molecule has 0 aliphatic rings. The molecule has 0 bridgehead atoms. The van der Waals surface area contributed by atoms with Gasteiger partial charge in [0.2, 0.25) is 0 Å². The van der Waals surface area contributed by atoms with Crippen LogP contribution in [0.3, 0.4) is 0 Å². The number of pyridine rings is 1. The predicted molar refractivity (Wildman–Crippen MR) is 87.0 cm³/mol. The van der Waals surface area contributed by atoms with Gasteiger partial charge >= 0.3 is 0 Å². The van der Waals surface area contributed by atoms with E-state index in [9.17, 15) is 0 Å². The first kappa shape index (κ1) is 15.0. The fourth-order valence-electron chi connectivity index (χ4n) is 2.57. The number of rotatable bonds is 4. The average molecular weight is 270 g/mol. The number of benzene rings is 1. The number of hydrogen-bond donors (Lipinski definition) is 1. The lowest BCUT2D eigenvalue weighted by molar-refractivity contribution is 0.336. The highest BCUT2D eigenvalue weighted by Crippen LogP contribution is 2.28. The molecule has 2 nitrogen and oxygen atoms in total. The van der Waals surface area contributed by atoms with Gasteiger partial charge in [-0.25, -0.2) is 0 Å². The van der Waals surface area contributed by atoms with Crippen LogP contribution in [0, 0.1) is 12.3 Å². The summed E-state index contributed by atoms with van der Waals surface area (Å²) in [4.78, 5) is 4.85. The van der Waals surface area contributed by atoms with Crippen LogP contribution in [0.5, 0.6) is 0 Å². The first-order valence-corrected chi connectivity index (χ1v) is 7.44. The highest BCUT2D eigenvalue weighted by atomic mass is 14.9. The SMILES string of the molecule is CNC(CCC(C)(C)C)c1cc(C)c2ccccc2n1. The van der Waals surface area contributed by atoms with Crippen molar-refractivity contribution in [2.24, 2.45) is 5.41 Å². The molecule has 20 heavy (non-hydrogen) atoms.